The normalized spacial score (nSPS) is 10.7. The van der Waals surface area contributed by atoms with Crippen LogP contribution >= 0.6 is 45.6 Å². The van der Waals surface area contributed by atoms with Crippen LogP contribution in [0.4, 0.5) is 0 Å². The molecule has 0 saturated carbocycles. The zero-order chi connectivity index (χ0) is 19.0. The summed E-state index contributed by atoms with van der Waals surface area (Å²) < 4.78 is 21.2. The molecule has 0 unspecified atom stereocenters. The maximum absolute atomic E-state index is 10.6. The fraction of sp³-hybridized carbons (Fsp3) is 0.0667. The average Bonchev–Trinajstić information content (AvgIpc) is 2.61. The molecule has 0 aliphatic heterocycles. The molecule has 2 heterocycles. The molecule has 6 nitrogen and oxygen atoms in total. The van der Waals surface area contributed by atoms with Gasteiger partial charge in [0.15, 0.2) is 5.03 Å². The average molecular weight is 450 g/mol. The number of benzene rings is 1. The lowest BCUT2D eigenvalue weighted by Gasteiger charge is -2.00. The van der Waals surface area contributed by atoms with Gasteiger partial charge in [0.2, 0.25) is 0 Å². The highest BCUT2D eigenvalue weighted by Crippen LogP contribution is 2.20. The third kappa shape index (κ3) is 7.43. The van der Waals surface area contributed by atoms with Crippen LogP contribution in [-0.2, 0) is 14.8 Å². The standard InChI is InChI=1S/C11H9ClN2S.C4H2Cl2N2O2S/c12-10-6-13-7-11(14-10)15-8-9-4-2-1-3-5-9;5-3-1-7-2-4(8-3)11(6,9)10/h1-7H,8H2;1-2H. The summed E-state index contributed by atoms with van der Waals surface area (Å²) in [6.07, 6.45) is 5.49. The van der Waals surface area contributed by atoms with Crippen molar-refractivity contribution in [2.75, 3.05) is 0 Å². The Morgan fingerprint density at radius 2 is 1.50 bits per heavy atom. The first-order valence-corrected chi connectivity index (χ1v) is 11.0. The molecule has 0 N–H and O–H groups in total. The first-order chi connectivity index (χ1) is 12.3. The summed E-state index contributed by atoms with van der Waals surface area (Å²) in [5.41, 5.74) is 1.27. The van der Waals surface area contributed by atoms with Crippen LogP contribution in [0.25, 0.3) is 0 Å². The van der Waals surface area contributed by atoms with E-state index in [4.69, 9.17) is 33.9 Å². The van der Waals surface area contributed by atoms with Gasteiger partial charge < -0.3 is 0 Å². The molecule has 0 atom stereocenters. The monoisotopic (exact) mass is 448 g/mol. The van der Waals surface area contributed by atoms with E-state index < -0.39 is 9.05 Å². The molecule has 2 aromatic heterocycles. The van der Waals surface area contributed by atoms with Crippen molar-refractivity contribution in [2.45, 2.75) is 15.8 Å². The van der Waals surface area contributed by atoms with E-state index in [-0.39, 0.29) is 10.2 Å². The zero-order valence-corrected chi connectivity index (χ0v) is 16.9. The van der Waals surface area contributed by atoms with Crippen LogP contribution in [0.2, 0.25) is 10.3 Å². The summed E-state index contributed by atoms with van der Waals surface area (Å²) in [4.78, 5) is 15.1. The van der Waals surface area contributed by atoms with Crippen molar-refractivity contribution >= 4 is 54.7 Å². The SMILES string of the molecule is Clc1cncc(SCc2ccccc2)n1.O=S(=O)(Cl)c1cncc(Cl)n1. The minimum Gasteiger partial charge on any atom is -0.259 e. The van der Waals surface area contributed by atoms with Crippen molar-refractivity contribution in [3.8, 4) is 0 Å². The lowest BCUT2D eigenvalue weighted by atomic mass is 10.2. The highest BCUT2D eigenvalue weighted by molar-refractivity contribution is 8.13. The Bertz CT molecular complexity index is 960. The summed E-state index contributed by atoms with van der Waals surface area (Å²) >= 11 is 12.7. The molecule has 3 aromatic rings. The van der Waals surface area contributed by atoms with Crippen molar-refractivity contribution in [2.24, 2.45) is 0 Å². The van der Waals surface area contributed by atoms with E-state index in [0.717, 1.165) is 17.0 Å². The van der Waals surface area contributed by atoms with Crippen molar-refractivity contribution < 1.29 is 8.42 Å². The largest absolute Gasteiger partial charge is 0.280 e. The van der Waals surface area contributed by atoms with Gasteiger partial charge in [0.05, 0.1) is 24.8 Å². The number of halogens is 3. The number of nitrogens with zero attached hydrogens (tertiary/aromatic N) is 4. The lowest BCUT2D eigenvalue weighted by Crippen LogP contribution is -1.95. The molecule has 0 saturated heterocycles. The molecular formula is C15H11Cl3N4O2S2. The molecule has 136 valence electrons. The molecule has 0 fully saturated rings. The second-order valence-electron chi connectivity index (χ2n) is 4.57. The van der Waals surface area contributed by atoms with E-state index in [1.807, 2.05) is 18.2 Å². The third-order valence-corrected chi connectivity index (χ3v) is 5.15. The van der Waals surface area contributed by atoms with Gasteiger partial charge >= 0.3 is 0 Å². The van der Waals surface area contributed by atoms with Gasteiger partial charge in [0, 0.05) is 16.4 Å². The van der Waals surface area contributed by atoms with Crippen LogP contribution in [0.5, 0.6) is 0 Å². The molecule has 0 spiro atoms. The van der Waals surface area contributed by atoms with Gasteiger partial charge in [-0.05, 0) is 5.56 Å². The molecule has 0 bridgehead atoms. The van der Waals surface area contributed by atoms with Gasteiger partial charge in [-0.2, -0.15) is 0 Å². The first-order valence-electron chi connectivity index (χ1n) is 6.91. The predicted molar refractivity (Wildman–Crippen MR) is 103 cm³/mol. The molecule has 0 radical (unpaired) electrons. The topological polar surface area (TPSA) is 85.7 Å². The fourth-order valence-electron chi connectivity index (χ4n) is 1.57. The van der Waals surface area contributed by atoms with Gasteiger partial charge in [-0.25, -0.2) is 18.4 Å². The fourth-order valence-corrected chi connectivity index (χ4v) is 3.39. The lowest BCUT2D eigenvalue weighted by molar-refractivity contribution is 0.605. The minimum absolute atomic E-state index is 0.00766. The Morgan fingerprint density at radius 3 is 2.04 bits per heavy atom. The maximum Gasteiger partial charge on any atom is 0.280 e. The van der Waals surface area contributed by atoms with E-state index in [1.54, 1.807) is 18.0 Å². The van der Waals surface area contributed by atoms with Crippen molar-refractivity contribution in [3.05, 3.63) is 71.0 Å². The van der Waals surface area contributed by atoms with Crippen molar-refractivity contribution in [1.82, 2.24) is 19.9 Å². The van der Waals surface area contributed by atoms with Crippen LogP contribution in [0.15, 0.2) is 65.2 Å². The van der Waals surface area contributed by atoms with E-state index >= 15 is 0 Å². The van der Waals surface area contributed by atoms with E-state index in [1.165, 1.54) is 18.0 Å². The van der Waals surface area contributed by atoms with E-state index in [9.17, 15) is 8.42 Å². The molecule has 26 heavy (non-hydrogen) atoms. The summed E-state index contributed by atoms with van der Waals surface area (Å²) in [5, 5.41) is 0.942. The van der Waals surface area contributed by atoms with Crippen LogP contribution in [0, 0.1) is 0 Å². The summed E-state index contributed by atoms with van der Waals surface area (Å²) in [6.45, 7) is 0. The Kier molecular flexibility index (Phi) is 8.05. The smallest absolute Gasteiger partial charge is 0.259 e. The van der Waals surface area contributed by atoms with Gasteiger partial charge in [-0.3, -0.25) is 9.97 Å². The van der Waals surface area contributed by atoms with Gasteiger partial charge in [-0.1, -0.05) is 53.5 Å². The number of hydrogen-bond acceptors (Lipinski definition) is 7. The summed E-state index contributed by atoms with van der Waals surface area (Å²) in [7, 11) is 1.13. The molecule has 1 aromatic carbocycles. The van der Waals surface area contributed by atoms with Crippen LogP contribution in [0.1, 0.15) is 5.56 Å². The highest BCUT2D eigenvalue weighted by atomic mass is 35.7. The van der Waals surface area contributed by atoms with Gasteiger partial charge in [0.1, 0.15) is 15.3 Å². The van der Waals surface area contributed by atoms with E-state index in [0.29, 0.717) is 5.15 Å². The quantitative estimate of drug-likeness (QED) is 0.429. The molecule has 0 amide bonds. The summed E-state index contributed by atoms with van der Waals surface area (Å²) in [6, 6.07) is 10.2. The van der Waals surface area contributed by atoms with Crippen LogP contribution in [0.3, 0.4) is 0 Å². The van der Waals surface area contributed by atoms with Gasteiger partial charge in [0.25, 0.3) is 9.05 Å². The van der Waals surface area contributed by atoms with Crippen molar-refractivity contribution in [1.29, 1.82) is 0 Å². The summed E-state index contributed by atoms with van der Waals surface area (Å²) in [5.74, 6) is 0.885. The second kappa shape index (κ2) is 10.0. The molecule has 11 heteroatoms. The number of aromatic nitrogens is 4. The third-order valence-electron chi connectivity index (χ3n) is 2.65. The number of hydrogen-bond donors (Lipinski definition) is 0. The van der Waals surface area contributed by atoms with Crippen LogP contribution in [-0.4, -0.2) is 28.4 Å². The number of thioether (sulfide) groups is 1. The Labute approximate surface area is 169 Å². The second-order valence-corrected chi connectivity index (χ2v) is 8.86. The Morgan fingerprint density at radius 1 is 0.885 bits per heavy atom. The number of rotatable bonds is 4. The molecule has 0 aliphatic carbocycles. The predicted octanol–water partition coefficient (Wildman–Crippen LogP) is 4.48. The Balaban J connectivity index is 0.000000197. The zero-order valence-electron chi connectivity index (χ0n) is 13.0. The minimum atomic E-state index is -3.81. The van der Waals surface area contributed by atoms with Crippen LogP contribution < -0.4 is 0 Å². The molecule has 0 aliphatic rings. The molecule has 3 rings (SSSR count). The van der Waals surface area contributed by atoms with Crippen molar-refractivity contribution in [3.63, 3.8) is 0 Å². The van der Waals surface area contributed by atoms with E-state index in [2.05, 4.69) is 32.1 Å². The molecular weight excluding hydrogens is 439 g/mol. The maximum atomic E-state index is 10.6. The van der Waals surface area contributed by atoms with Gasteiger partial charge in [-0.15, -0.1) is 11.8 Å². The Hall–Kier alpha value is -1.45. The first kappa shape index (κ1) is 20.9. The highest BCUT2D eigenvalue weighted by Gasteiger charge is 2.11.